The molecule has 1 aliphatic carbocycles. The van der Waals surface area contributed by atoms with E-state index in [0.29, 0.717) is 21.8 Å². The third-order valence-electron chi connectivity index (χ3n) is 4.63. The van der Waals surface area contributed by atoms with Gasteiger partial charge >= 0.3 is 0 Å². The number of thioether (sulfide) groups is 1. The number of halogens is 1. The predicted molar refractivity (Wildman–Crippen MR) is 115 cm³/mol. The Morgan fingerprint density at radius 2 is 1.93 bits per heavy atom. The molecule has 29 heavy (non-hydrogen) atoms. The van der Waals surface area contributed by atoms with Crippen molar-refractivity contribution in [3.8, 4) is 11.4 Å². The Bertz CT molecular complexity index is 1010. The number of H-pyrrole nitrogens is 1. The minimum atomic E-state index is -0.676. The summed E-state index contributed by atoms with van der Waals surface area (Å²) >= 11 is 7.53. The number of fused-ring (bicyclic) bond motifs is 1. The first kappa shape index (κ1) is 19.9. The Kier molecular flexibility index (Phi) is 6.49. The Labute approximate surface area is 178 Å². The van der Waals surface area contributed by atoms with E-state index in [0.717, 1.165) is 36.1 Å². The molecule has 150 valence electrons. The number of aryl methyl sites for hydroxylation is 1. The average molecular weight is 429 g/mol. The highest BCUT2D eigenvalue weighted by atomic mass is 35.5. The molecule has 0 aliphatic heterocycles. The van der Waals surface area contributed by atoms with Gasteiger partial charge in [0.25, 0.3) is 0 Å². The lowest BCUT2D eigenvalue weighted by molar-refractivity contribution is 0.0522. The molecule has 1 heterocycles. The van der Waals surface area contributed by atoms with Crippen molar-refractivity contribution in [1.82, 2.24) is 15.2 Å². The molecular formula is C21H21ClN4O2S. The molecule has 0 spiro atoms. The maximum absolute atomic E-state index is 10.2. The molecule has 2 N–H and O–H groups in total. The van der Waals surface area contributed by atoms with Crippen LogP contribution in [0.5, 0.6) is 0 Å². The van der Waals surface area contributed by atoms with Gasteiger partial charge in [-0.2, -0.15) is 0 Å². The third kappa shape index (κ3) is 4.98. The van der Waals surface area contributed by atoms with E-state index in [4.69, 9.17) is 16.4 Å². The predicted octanol–water partition coefficient (Wildman–Crippen LogP) is 4.34. The van der Waals surface area contributed by atoms with Crippen LogP contribution in [-0.2, 0) is 11.3 Å². The maximum Gasteiger partial charge on any atom is 0.208 e. The van der Waals surface area contributed by atoms with Gasteiger partial charge in [0.05, 0.1) is 10.7 Å². The minimum absolute atomic E-state index is 0.125. The summed E-state index contributed by atoms with van der Waals surface area (Å²) in [5, 5.41) is 22.7. The van der Waals surface area contributed by atoms with E-state index in [1.54, 1.807) is 6.07 Å². The summed E-state index contributed by atoms with van der Waals surface area (Å²) in [6.07, 6.45) is 2.35. The lowest BCUT2D eigenvalue weighted by Crippen LogP contribution is -2.18. The second kappa shape index (κ2) is 9.43. The molecule has 6 nitrogen and oxygen atoms in total. The van der Waals surface area contributed by atoms with Crippen molar-refractivity contribution >= 4 is 29.1 Å². The van der Waals surface area contributed by atoms with Crippen molar-refractivity contribution in [3.63, 3.8) is 0 Å². The van der Waals surface area contributed by atoms with E-state index in [1.807, 2.05) is 30.3 Å². The van der Waals surface area contributed by atoms with Gasteiger partial charge in [-0.05, 0) is 37.0 Å². The van der Waals surface area contributed by atoms with Gasteiger partial charge in [-0.1, -0.05) is 64.9 Å². The van der Waals surface area contributed by atoms with E-state index < -0.39 is 6.10 Å². The number of nitrogens with one attached hydrogen (secondary N) is 1. The summed E-state index contributed by atoms with van der Waals surface area (Å²) < 4.78 is 0. The van der Waals surface area contributed by atoms with Crippen molar-refractivity contribution in [1.29, 1.82) is 0 Å². The summed E-state index contributed by atoms with van der Waals surface area (Å²) in [5.41, 5.74) is 4.19. The van der Waals surface area contributed by atoms with Crippen LogP contribution in [0.1, 0.15) is 24.0 Å². The van der Waals surface area contributed by atoms with Crippen LogP contribution in [0.25, 0.3) is 11.4 Å². The number of aliphatic hydroxyl groups is 1. The number of hydrogen-bond donors (Lipinski definition) is 2. The average Bonchev–Trinajstić information content (AvgIpc) is 3.21. The second-order valence-electron chi connectivity index (χ2n) is 6.76. The number of benzene rings is 2. The third-order valence-corrected chi connectivity index (χ3v) is 5.95. The highest BCUT2D eigenvalue weighted by Crippen LogP contribution is 2.26. The fourth-order valence-electron chi connectivity index (χ4n) is 3.20. The van der Waals surface area contributed by atoms with Crippen molar-refractivity contribution in [2.45, 2.75) is 30.5 Å². The zero-order valence-corrected chi connectivity index (χ0v) is 17.3. The maximum atomic E-state index is 10.2. The Hall–Kier alpha value is -2.35. The van der Waals surface area contributed by atoms with Crippen LogP contribution >= 0.6 is 23.4 Å². The highest BCUT2D eigenvalue weighted by molar-refractivity contribution is 7.99. The second-order valence-corrected chi connectivity index (χ2v) is 8.15. The number of hydrogen-bond acceptors (Lipinski definition) is 6. The lowest BCUT2D eigenvalue weighted by Gasteiger charge is -2.17. The molecule has 1 unspecified atom stereocenters. The van der Waals surface area contributed by atoms with Gasteiger partial charge in [-0.15, -0.1) is 5.10 Å². The minimum Gasteiger partial charge on any atom is -0.393 e. The molecule has 0 fully saturated rings. The molecule has 1 aromatic heterocycles. The number of oxime groups is 1. The smallest absolute Gasteiger partial charge is 0.208 e. The molecule has 2 aromatic carbocycles. The zero-order chi connectivity index (χ0) is 20.1. The number of aromatic amines is 1. The van der Waals surface area contributed by atoms with Gasteiger partial charge in [0.15, 0.2) is 5.82 Å². The molecule has 4 rings (SSSR count). The van der Waals surface area contributed by atoms with Crippen LogP contribution in [0.2, 0.25) is 5.02 Å². The van der Waals surface area contributed by atoms with Gasteiger partial charge in [0.1, 0.15) is 12.7 Å². The molecule has 8 heteroatoms. The molecule has 0 radical (unpaired) electrons. The van der Waals surface area contributed by atoms with Gasteiger partial charge in [0, 0.05) is 16.9 Å². The van der Waals surface area contributed by atoms with Crippen molar-refractivity contribution in [2.24, 2.45) is 5.16 Å². The summed E-state index contributed by atoms with van der Waals surface area (Å²) in [5.74, 6) is 1.01. The van der Waals surface area contributed by atoms with Crippen LogP contribution < -0.4 is 0 Å². The normalized spacial score (nSPS) is 15.9. The Morgan fingerprint density at radius 1 is 1.14 bits per heavy atom. The van der Waals surface area contributed by atoms with Gasteiger partial charge in [0.2, 0.25) is 5.16 Å². The number of aliphatic hydroxyl groups excluding tert-OH is 1. The first-order valence-electron chi connectivity index (χ1n) is 9.46. The molecule has 1 aliphatic rings. The summed E-state index contributed by atoms with van der Waals surface area (Å²) in [7, 11) is 0. The fourth-order valence-corrected chi connectivity index (χ4v) is 4.13. The lowest BCUT2D eigenvalue weighted by atomic mass is 9.90. The fraction of sp³-hybridized carbons (Fsp3) is 0.286. The number of nitrogens with zero attached hydrogens (tertiary/aromatic N) is 3. The Morgan fingerprint density at radius 3 is 2.79 bits per heavy atom. The summed E-state index contributed by atoms with van der Waals surface area (Å²) in [6.45, 7) is 0.125. The SMILES string of the molecule is OC(CO/N=C1\CCCc2ccccc21)CSc1n[nH]c(-c2ccccc2Cl)n1. The molecule has 0 saturated heterocycles. The number of aromatic nitrogens is 3. The van der Waals surface area contributed by atoms with Gasteiger partial charge in [-0.3, -0.25) is 5.10 Å². The van der Waals surface area contributed by atoms with E-state index >= 15 is 0 Å². The highest BCUT2D eigenvalue weighted by Gasteiger charge is 2.16. The standard InChI is InChI=1S/C21H21ClN4O2S/c22-18-10-4-3-9-17(18)20-23-21(25-24-20)29-13-15(27)12-28-26-19-11-5-7-14-6-1-2-8-16(14)19/h1-4,6,8-10,15,27H,5,7,11-13H2,(H,23,24,25)/b26-19+. The molecule has 0 bridgehead atoms. The zero-order valence-electron chi connectivity index (χ0n) is 15.7. The largest absolute Gasteiger partial charge is 0.393 e. The summed E-state index contributed by atoms with van der Waals surface area (Å²) in [4.78, 5) is 9.85. The van der Waals surface area contributed by atoms with Gasteiger partial charge < -0.3 is 9.94 Å². The molecule has 0 amide bonds. The molecule has 1 atom stereocenters. The van der Waals surface area contributed by atoms with E-state index in [1.165, 1.54) is 17.3 Å². The molecular weight excluding hydrogens is 408 g/mol. The van der Waals surface area contributed by atoms with E-state index in [2.05, 4.69) is 32.5 Å². The first-order chi connectivity index (χ1) is 14.2. The Balaban J connectivity index is 1.28. The summed E-state index contributed by atoms with van der Waals surface area (Å²) in [6, 6.07) is 15.7. The van der Waals surface area contributed by atoms with Crippen molar-refractivity contribution < 1.29 is 9.94 Å². The van der Waals surface area contributed by atoms with Crippen LogP contribution in [0.3, 0.4) is 0 Å². The van der Waals surface area contributed by atoms with Crippen LogP contribution in [0.15, 0.2) is 58.8 Å². The monoisotopic (exact) mass is 428 g/mol. The van der Waals surface area contributed by atoms with Crippen LogP contribution in [0, 0.1) is 0 Å². The number of rotatable bonds is 7. The quantitative estimate of drug-likeness (QED) is 0.432. The van der Waals surface area contributed by atoms with Crippen LogP contribution in [0.4, 0.5) is 0 Å². The molecule has 0 saturated carbocycles. The first-order valence-corrected chi connectivity index (χ1v) is 10.8. The molecule has 3 aromatic rings. The van der Waals surface area contributed by atoms with Crippen LogP contribution in [-0.4, -0.2) is 44.5 Å². The van der Waals surface area contributed by atoms with E-state index in [-0.39, 0.29) is 6.61 Å². The topological polar surface area (TPSA) is 83.4 Å². The van der Waals surface area contributed by atoms with Gasteiger partial charge in [-0.25, -0.2) is 4.98 Å². The van der Waals surface area contributed by atoms with Crippen molar-refractivity contribution in [2.75, 3.05) is 12.4 Å². The van der Waals surface area contributed by atoms with Crippen molar-refractivity contribution in [3.05, 3.63) is 64.7 Å². The van der Waals surface area contributed by atoms with E-state index in [9.17, 15) is 5.11 Å².